The number of allylic oxidation sites excluding steroid dienone is 1. The SMILES string of the molecule is COC(=O)c1ccc(F)c(C2C[C@H](CN(C(=O)OC(C)(C)C)[C@H](C)c3cccc4c3C=CCC4)Oc3ccccc32)c1. The number of amides is 1. The van der Waals surface area contributed by atoms with E-state index in [1.54, 1.807) is 11.0 Å². The van der Waals surface area contributed by atoms with Crippen LogP contribution in [0.25, 0.3) is 6.08 Å². The number of fused-ring (bicyclic) bond motifs is 2. The smallest absolute Gasteiger partial charge is 0.410 e. The van der Waals surface area contributed by atoms with E-state index in [1.807, 2.05) is 58.0 Å². The number of ether oxygens (including phenoxy) is 3. The highest BCUT2D eigenvalue weighted by molar-refractivity contribution is 5.89. The van der Waals surface area contributed by atoms with Gasteiger partial charge in [0.15, 0.2) is 0 Å². The summed E-state index contributed by atoms with van der Waals surface area (Å²) in [5, 5.41) is 0. The first-order chi connectivity index (χ1) is 20.1. The van der Waals surface area contributed by atoms with Gasteiger partial charge in [-0.15, -0.1) is 0 Å². The summed E-state index contributed by atoms with van der Waals surface area (Å²) in [6.45, 7) is 7.78. The molecule has 0 radical (unpaired) electrons. The van der Waals surface area contributed by atoms with Crippen LogP contribution in [0.4, 0.5) is 9.18 Å². The van der Waals surface area contributed by atoms with Gasteiger partial charge in [0.25, 0.3) is 0 Å². The highest BCUT2D eigenvalue weighted by Crippen LogP contribution is 2.42. The summed E-state index contributed by atoms with van der Waals surface area (Å²) in [4.78, 5) is 27.7. The summed E-state index contributed by atoms with van der Waals surface area (Å²) in [5.74, 6) is -0.715. The summed E-state index contributed by atoms with van der Waals surface area (Å²) in [6.07, 6.45) is 5.75. The van der Waals surface area contributed by atoms with Crippen molar-refractivity contribution in [2.75, 3.05) is 13.7 Å². The highest BCUT2D eigenvalue weighted by Gasteiger charge is 2.36. The van der Waals surface area contributed by atoms with Gasteiger partial charge in [-0.1, -0.05) is 48.6 Å². The van der Waals surface area contributed by atoms with Gasteiger partial charge in [-0.2, -0.15) is 0 Å². The second-order valence-corrected chi connectivity index (χ2v) is 12.0. The highest BCUT2D eigenvalue weighted by atomic mass is 19.1. The molecular formula is C35H38FNO5. The van der Waals surface area contributed by atoms with Crippen LogP contribution in [0.5, 0.6) is 5.75 Å². The Morgan fingerprint density at radius 1 is 1.07 bits per heavy atom. The normalized spacial score (nSPS) is 18.2. The number of para-hydroxylation sites is 1. The van der Waals surface area contributed by atoms with Gasteiger partial charge in [0, 0.05) is 11.5 Å². The molecule has 0 spiro atoms. The summed E-state index contributed by atoms with van der Waals surface area (Å²) < 4.78 is 32.6. The van der Waals surface area contributed by atoms with E-state index < -0.39 is 35.5 Å². The number of hydrogen-bond donors (Lipinski definition) is 0. The van der Waals surface area contributed by atoms with Gasteiger partial charge in [-0.3, -0.25) is 4.90 Å². The predicted octanol–water partition coefficient (Wildman–Crippen LogP) is 7.85. The standard InChI is InChI=1S/C35H38FNO5/c1-22(26-15-10-12-23-11-6-7-13-27(23)26)37(34(39)42-35(2,3)4)21-25-20-29(28-14-8-9-16-32(28)41-25)30-19-24(33(38)40-5)17-18-31(30)36/h7-10,12-19,22,25,29H,6,11,20-21H2,1-5H3/t22-,25-,29?/m1/s1. The van der Waals surface area contributed by atoms with Crippen molar-refractivity contribution in [3.8, 4) is 5.75 Å². The lowest BCUT2D eigenvalue weighted by Crippen LogP contribution is -2.45. The summed E-state index contributed by atoms with van der Waals surface area (Å²) in [6, 6.07) is 17.7. The van der Waals surface area contributed by atoms with Crippen molar-refractivity contribution in [2.45, 2.75) is 70.6 Å². The average molecular weight is 572 g/mol. The van der Waals surface area contributed by atoms with Gasteiger partial charge in [0.2, 0.25) is 0 Å². The molecule has 7 heteroatoms. The second-order valence-electron chi connectivity index (χ2n) is 12.0. The number of halogens is 1. The van der Waals surface area contributed by atoms with Crippen LogP contribution < -0.4 is 4.74 Å². The zero-order chi connectivity index (χ0) is 30.0. The Bertz CT molecular complexity index is 1510. The maximum Gasteiger partial charge on any atom is 0.410 e. The van der Waals surface area contributed by atoms with Gasteiger partial charge in [0.05, 0.1) is 25.3 Å². The minimum atomic E-state index is -0.689. The molecule has 2 aliphatic rings. The third kappa shape index (κ3) is 6.20. The molecule has 0 fully saturated rings. The molecule has 0 N–H and O–H groups in total. The topological polar surface area (TPSA) is 65.1 Å². The van der Waals surface area contributed by atoms with Crippen LogP contribution in [0.2, 0.25) is 0 Å². The fourth-order valence-corrected chi connectivity index (χ4v) is 5.91. The molecule has 0 saturated carbocycles. The van der Waals surface area contributed by atoms with Gasteiger partial charge >= 0.3 is 12.1 Å². The Kier molecular flexibility index (Phi) is 8.39. The van der Waals surface area contributed by atoms with E-state index in [9.17, 15) is 9.59 Å². The van der Waals surface area contributed by atoms with Crippen LogP contribution in [0.1, 0.15) is 90.7 Å². The van der Waals surface area contributed by atoms with Crippen molar-refractivity contribution in [3.05, 3.63) is 106 Å². The summed E-state index contributed by atoms with van der Waals surface area (Å²) in [7, 11) is 1.30. The summed E-state index contributed by atoms with van der Waals surface area (Å²) >= 11 is 0. The number of rotatable bonds is 6. The summed E-state index contributed by atoms with van der Waals surface area (Å²) in [5.41, 5.74) is 4.24. The van der Waals surface area contributed by atoms with E-state index in [0.29, 0.717) is 17.7 Å². The number of esters is 1. The van der Waals surface area contributed by atoms with Crippen molar-refractivity contribution in [1.82, 2.24) is 4.90 Å². The van der Waals surface area contributed by atoms with Gasteiger partial charge < -0.3 is 14.2 Å². The van der Waals surface area contributed by atoms with Crippen LogP contribution in [0, 0.1) is 5.82 Å². The zero-order valence-electron chi connectivity index (χ0n) is 24.9. The van der Waals surface area contributed by atoms with Gasteiger partial charge in [-0.05, 0) is 93.5 Å². The maximum absolute atomic E-state index is 15.3. The van der Waals surface area contributed by atoms with Crippen molar-refractivity contribution < 1.29 is 28.2 Å². The molecule has 0 aromatic heterocycles. The minimum Gasteiger partial charge on any atom is -0.488 e. The molecule has 5 rings (SSSR count). The van der Waals surface area contributed by atoms with Crippen LogP contribution >= 0.6 is 0 Å². The van der Waals surface area contributed by atoms with E-state index in [4.69, 9.17) is 14.2 Å². The van der Waals surface area contributed by atoms with Gasteiger partial charge in [-0.25, -0.2) is 14.0 Å². The van der Waals surface area contributed by atoms with Crippen LogP contribution in [0.15, 0.2) is 66.7 Å². The lowest BCUT2D eigenvalue weighted by Gasteiger charge is -2.38. The number of carbonyl (C=O) groups is 2. The lowest BCUT2D eigenvalue weighted by atomic mass is 9.83. The zero-order valence-corrected chi connectivity index (χ0v) is 24.9. The molecule has 3 aromatic rings. The van der Waals surface area contributed by atoms with E-state index in [0.717, 1.165) is 29.5 Å². The fraction of sp³-hybridized carbons (Fsp3) is 0.371. The molecule has 1 aliphatic heterocycles. The maximum atomic E-state index is 15.3. The van der Waals surface area contributed by atoms with E-state index in [-0.39, 0.29) is 18.2 Å². The predicted molar refractivity (Wildman–Crippen MR) is 160 cm³/mol. The van der Waals surface area contributed by atoms with E-state index in [1.165, 1.54) is 24.8 Å². The van der Waals surface area contributed by atoms with Crippen molar-refractivity contribution in [3.63, 3.8) is 0 Å². The number of hydrogen-bond acceptors (Lipinski definition) is 5. The number of benzene rings is 3. The molecule has 1 unspecified atom stereocenters. The Morgan fingerprint density at radius 3 is 2.62 bits per heavy atom. The number of methoxy groups -OCH3 is 1. The lowest BCUT2D eigenvalue weighted by molar-refractivity contribution is 0.00548. The number of carbonyl (C=O) groups excluding carboxylic acids is 2. The van der Waals surface area contributed by atoms with Crippen molar-refractivity contribution in [1.29, 1.82) is 0 Å². The Hall–Kier alpha value is -4.13. The largest absolute Gasteiger partial charge is 0.488 e. The molecule has 1 amide bonds. The molecule has 0 saturated heterocycles. The van der Waals surface area contributed by atoms with E-state index in [2.05, 4.69) is 24.3 Å². The molecule has 1 heterocycles. The Morgan fingerprint density at radius 2 is 1.86 bits per heavy atom. The average Bonchev–Trinajstić information content (AvgIpc) is 2.97. The molecule has 1 aliphatic carbocycles. The first-order valence-electron chi connectivity index (χ1n) is 14.5. The van der Waals surface area contributed by atoms with Gasteiger partial charge in [0.1, 0.15) is 23.3 Å². The van der Waals surface area contributed by atoms with Crippen LogP contribution in [-0.2, 0) is 15.9 Å². The third-order valence-electron chi connectivity index (χ3n) is 7.92. The molecule has 3 atom stereocenters. The Balaban J connectivity index is 1.51. The quantitative estimate of drug-likeness (QED) is 0.282. The second kappa shape index (κ2) is 12.0. The van der Waals surface area contributed by atoms with Crippen molar-refractivity contribution >= 4 is 18.1 Å². The first-order valence-corrected chi connectivity index (χ1v) is 14.5. The molecular weight excluding hydrogens is 533 g/mol. The van der Waals surface area contributed by atoms with Crippen LogP contribution in [-0.4, -0.2) is 42.3 Å². The minimum absolute atomic E-state index is 0.229. The third-order valence-corrected chi connectivity index (χ3v) is 7.92. The monoisotopic (exact) mass is 571 g/mol. The fourth-order valence-electron chi connectivity index (χ4n) is 5.91. The first kappa shape index (κ1) is 29.4. The number of nitrogens with zero attached hydrogens (tertiary/aromatic N) is 1. The molecule has 6 nitrogen and oxygen atoms in total. The molecule has 220 valence electrons. The Labute approximate surface area is 247 Å². The van der Waals surface area contributed by atoms with E-state index >= 15 is 4.39 Å². The number of aryl methyl sites for hydroxylation is 1. The molecule has 0 bridgehead atoms. The molecule has 3 aromatic carbocycles. The molecule has 42 heavy (non-hydrogen) atoms. The van der Waals surface area contributed by atoms with Crippen molar-refractivity contribution in [2.24, 2.45) is 0 Å². The van der Waals surface area contributed by atoms with Crippen LogP contribution in [0.3, 0.4) is 0 Å².